The molecule has 0 spiro atoms. The van der Waals surface area contributed by atoms with Gasteiger partial charge in [0.25, 0.3) is 6.43 Å². The standard InChI is InChI=1S/C16H21F2N3O3/c1-15(2,3)24-14(22)20-12-8-23-9-16(21-12,13(17)18)10-5-4-6-11(19)7-10/h4-7,13H,8-9,19H2,1-3H3,(H,20,21,22). The van der Waals surface area contributed by atoms with Gasteiger partial charge >= 0.3 is 6.09 Å². The Bertz CT molecular complexity index is 644. The Morgan fingerprint density at radius 1 is 1.46 bits per heavy atom. The summed E-state index contributed by atoms with van der Waals surface area (Å²) in [5.74, 6) is -0.0155. The highest BCUT2D eigenvalue weighted by molar-refractivity contribution is 5.96. The van der Waals surface area contributed by atoms with Gasteiger partial charge in [-0.05, 0) is 38.5 Å². The van der Waals surface area contributed by atoms with E-state index in [1.165, 1.54) is 12.1 Å². The van der Waals surface area contributed by atoms with Crippen molar-refractivity contribution in [2.75, 3.05) is 18.9 Å². The third-order valence-corrected chi connectivity index (χ3v) is 3.29. The van der Waals surface area contributed by atoms with Gasteiger partial charge in [-0.15, -0.1) is 0 Å². The Labute approximate surface area is 139 Å². The minimum Gasteiger partial charge on any atom is -0.444 e. The topological polar surface area (TPSA) is 85.9 Å². The summed E-state index contributed by atoms with van der Waals surface area (Å²) in [4.78, 5) is 15.9. The number of carbonyl (C=O) groups excluding carboxylic acids is 1. The first kappa shape index (κ1) is 18.1. The van der Waals surface area contributed by atoms with E-state index in [-0.39, 0.29) is 24.6 Å². The Kier molecular flexibility index (Phi) is 5.08. The van der Waals surface area contributed by atoms with E-state index in [4.69, 9.17) is 15.2 Å². The highest BCUT2D eigenvalue weighted by Crippen LogP contribution is 2.36. The van der Waals surface area contributed by atoms with E-state index < -0.39 is 23.7 Å². The van der Waals surface area contributed by atoms with Crippen LogP contribution in [0.3, 0.4) is 0 Å². The summed E-state index contributed by atoms with van der Waals surface area (Å²) in [6.45, 7) is 4.69. The Hall–Kier alpha value is -2.22. The van der Waals surface area contributed by atoms with Crippen LogP contribution in [0.15, 0.2) is 29.3 Å². The predicted octanol–water partition coefficient (Wildman–Crippen LogP) is 2.68. The van der Waals surface area contributed by atoms with Gasteiger partial charge in [-0.1, -0.05) is 12.1 Å². The SMILES string of the molecule is CC(C)(C)OC(=O)NC1=NC(c2cccc(N)c2)(C(F)F)COC1. The van der Waals surface area contributed by atoms with Crippen LogP contribution in [0.4, 0.5) is 19.3 Å². The molecule has 2 rings (SSSR count). The number of nitrogens with zero attached hydrogens (tertiary/aromatic N) is 1. The lowest BCUT2D eigenvalue weighted by Crippen LogP contribution is -2.48. The van der Waals surface area contributed by atoms with Gasteiger partial charge in [-0.2, -0.15) is 0 Å². The molecule has 1 heterocycles. The van der Waals surface area contributed by atoms with Crippen LogP contribution in [0.2, 0.25) is 0 Å². The number of nitrogens with two attached hydrogens (primary N) is 1. The monoisotopic (exact) mass is 341 g/mol. The van der Waals surface area contributed by atoms with E-state index in [1.54, 1.807) is 32.9 Å². The van der Waals surface area contributed by atoms with Crippen LogP contribution in [0.1, 0.15) is 26.3 Å². The van der Waals surface area contributed by atoms with Crippen LogP contribution in [0.25, 0.3) is 0 Å². The largest absolute Gasteiger partial charge is 0.444 e. The third-order valence-electron chi connectivity index (χ3n) is 3.29. The summed E-state index contributed by atoms with van der Waals surface area (Å²) in [6.07, 6.45) is -3.61. The van der Waals surface area contributed by atoms with Crippen molar-refractivity contribution >= 4 is 17.6 Å². The number of amides is 1. The Balaban J connectivity index is 2.31. The lowest BCUT2D eigenvalue weighted by atomic mass is 9.90. The second kappa shape index (κ2) is 6.72. The number of hydrogen-bond acceptors (Lipinski definition) is 5. The number of carbonyl (C=O) groups is 1. The number of aliphatic imine (C=N–C) groups is 1. The molecule has 1 atom stereocenters. The van der Waals surface area contributed by atoms with Gasteiger partial charge in [0, 0.05) is 5.69 Å². The summed E-state index contributed by atoms with van der Waals surface area (Å²) in [5, 5.41) is 2.37. The van der Waals surface area contributed by atoms with Crippen LogP contribution < -0.4 is 11.1 Å². The number of anilines is 1. The predicted molar refractivity (Wildman–Crippen MR) is 86.2 cm³/mol. The minimum absolute atomic E-state index is 0.0155. The number of rotatable bonds is 2. The zero-order valence-corrected chi connectivity index (χ0v) is 13.8. The molecule has 0 saturated carbocycles. The van der Waals surface area contributed by atoms with Crippen molar-refractivity contribution in [3.05, 3.63) is 29.8 Å². The molecule has 0 aliphatic carbocycles. The molecule has 0 saturated heterocycles. The zero-order valence-electron chi connectivity index (χ0n) is 13.8. The molecule has 3 N–H and O–H groups in total. The molecule has 1 aliphatic rings. The molecule has 1 unspecified atom stereocenters. The third kappa shape index (κ3) is 4.19. The number of nitrogen functional groups attached to an aromatic ring is 1. The molecule has 1 aromatic carbocycles. The normalized spacial score (nSPS) is 21.3. The number of ether oxygens (including phenoxy) is 2. The van der Waals surface area contributed by atoms with E-state index in [2.05, 4.69) is 10.3 Å². The van der Waals surface area contributed by atoms with Crippen LogP contribution in [-0.2, 0) is 15.0 Å². The fourth-order valence-corrected chi connectivity index (χ4v) is 2.29. The van der Waals surface area contributed by atoms with Crippen molar-refractivity contribution in [1.29, 1.82) is 0 Å². The van der Waals surface area contributed by atoms with Crippen LogP contribution in [0.5, 0.6) is 0 Å². The van der Waals surface area contributed by atoms with E-state index in [9.17, 15) is 13.6 Å². The molecule has 6 nitrogen and oxygen atoms in total. The molecule has 0 radical (unpaired) electrons. The van der Waals surface area contributed by atoms with Gasteiger partial charge in [-0.25, -0.2) is 18.6 Å². The summed E-state index contributed by atoms with van der Waals surface area (Å²) in [6, 6.07) is 6.09. The maximum absolute atomic E-state index is 13.8. The first-order valence-corrected chi connectivity index (χ1v) is 7.43. The molecule has 0 fully saturated rings. The fraction of sp³-hybridized carbons (Fsp3) is 0.500. The van der Waals surface area contributed by atoms with Crippen LogP contribution in [0, 0.1) is 0 Å². The molecule has 1 aromatic rings. The van der Waals surface area contributed by atoms with E-state index in [1.807, 2.05) is 0 Å². The van der Waals surface area contributed by atoms with Crippen LogP contribution >= 0.6 is 0 Å². The molecule has 24 heavy (non-hydrogen) atoms. The first-order valence-electron chi connectivity index (χ1n) is 7.43. The highest BCUT2D eigenvalue weighted by Gasteiger charge is 2.45. The summed E-state index contributed by atoms with van der Waals surface area (Å²) >= 11 is 0. The van der Waals surface area contributed by atoms with Crippen molar-refractivity contribution < 1.29 is 23.0 Å². The van der Waals surface area contributed by atoms with Crippen molar-refractivity contribution in [2.45, 2.75) is 38.3 Å². The summed E-state index contributed by atoms with van der Waals surface area (Å²) < 4.78 is 38.0. The number of alkyl halides is 2. The molecule has 1 amide bonds. The molecule has 8 heteroatoms. The summed E-state index contributed by atoms with van der Waals surface area (Å²) in [7, 11) is 0. The Morgan fingerprint density at radius 3 is 2.75 bits per heavy atom. The molecule has 0 bridgehead atoms. The van der Waals surface area contributed by atoms with Gasteiger partial charge in [0.1, 0.15) is 18.0 Å². The highest BCUT2D eigenvalue weighted by atomic mass is 19.3. The molecular weight excluding hydrogens is 320 g/mol. The maximum atomic E-state index is 13.8. The number of benzene rings is 1. The van der Waals surface area contributed by atoms with Gasteiger partial charge < -0.3 is 15.2 Å². The quantitative estimate of drug-likeness (QED) is 0.810. The number of halogens is 2. The van der Waals surface area contributed by atoms with Crippen molar-refractivity contribution in [3.8, 4) is 0 Å². The number of amidine groups is 1. The smallest absolute Gasteiger partial charge is 0.413 e. The first-order chi connectivity index (χ1) is 11.1. The van der Waals surface area contributed by atoms with Crippen molar-refractivity contribution in [1.82, 2.24) is 5.32 Å². The van der Waals surface area contributed by atoms with Gasteiger partial charge in [0.15, 0.2) is 5.54 Å². The van der Waals surface area contributed by atoms with E-state index in [0.717, 1.165) is 0 Å². The number of alkyl carbamates (subject to hydrolysis) is 1. The lowest BCUT2D eigenvalue weighted by molar-refractivity contribution is -0.0140. The molecule has 0 aromatic heterocycles. The molecular formula is C16H21F2N3O3. The van der Waals surface area contributed by atoms with Crippen molar-refractivity contribution in [2.24, 2.45) is 4.99 Å². The fourth-order valence-electron chi connectivity index (χ4n) is 2.29. The average Bonchev–Trinajstić information content (AvgIpc) is 2.45. The second-order valence-electron chi connectivity index (χ2n) is 6.53. The Morgan fingerprint density at radius 2 is 2.17 bits per heavy atom. The van der Waals surface area contributed by atoms with E-state index >= 15 is 0 Å². The van der Waals surface area contributed by atoms with Gasteiger partial charge in [-0.3, -0.25) is 5.32 Å². The molecule has 1 aliphatic heterocycles. The maximum Gasteiger partial charge on any atom is 0.413 e. The second-order valence-corrected chi connectivity index (χ2v) is 6.53. The van der Waals surface area contributed by atoms with E-state index in [0.29, 0.717) is 5.69 Å². The zero-order chi connectivity index (χ0) is 18.0. The van der Waals surface area contributed by atoms with Crippen LogP contribution in [-0.4, -0.2) is 37.2 Å². The van der Waals surface area contributed by atoms with Crippen molar-refractivity contribution in [3.63, 3.8) is 0 Å². The average molecular weight is 341 g/mol. The minimum atomic E-state index is -2.84. The lowest BCUT2D eigenvalue weighted by Gasteiger charge is -2.34. The van der Waals surface area contributed by atoms with Gasteiger partial charge in [0.2, 0.25) is 0 Å². The number of nitrogens with one attached hydrogen (secondary N) is 1. The van der Waals surface area contributed by atoms with Gasteiger partial charge in [0.05, 0.1) is 6.61 Å². The molecule has 132 valence electrons. The summed E-state index contributed by atoms with van der Waals surface area (Å²) in [5.41, 5.74) is 3.62. The number of hydrogen-bond donors (Lipinski definition) is 2.